The molecule has 0 unspecified atom stereocenters. The maximum atomic E-state index is 12.5. The number of halogens is 2. The number of anilines is 1. The third kappa shape index (κ3) is 3.27. The lowest BCUT2D eigenvalue weighted by molar-refractivity contribution is -0.110. The van der Waals surface area contributed by atoms with Crippen molar-refractivity contribution in [3.63, 3.8) is 0 Å². The number of nitrogens with one attached hydrogen (secondary N) is 1. The molecule has 0 radical (unpaired) electrons. The van der Waals surface area contributed by atoms with Crippen molar-refractivity contribution in [2.45, 2.75) is 33.1 Å². The Morgan fingerprint density at radius 2 is 1.80 bits per heavy atom. The van der Waals surface area contributed by atoms with Crippen molar-refractivity contribution in [2.24, 2.45) is 0 Å². The van der Waals surface area contributed by atoms with Crippen molar-refractivity contribution in [3.05, 3.63) is 55.5 Å². The summed E-state index contributed by atoms with van der Waals surface area (Å²) in [5.41, 5.74) is 4.88. The molecule has 0 saturated carbocycles. The molecule has 3 rings (SSSR count). The van der Waals surface area contributed by atoms with Crippen molar-refractivity contribution in [3.8, 4) is 5.75 Å². The predicted molar refractivity (Wildman–Crippen MR) is 110 cm³/mol. The molecule has 0 fully saturated rings. The SMILES string of the molecule is Cc1c(Br)ccc2c1C(=Cc1cc(Br)c(O)c(C(C)(C)C)c1)C(=O)N2. The lowest BCUT2D eigenvalue weighted by Gasteiger charge is -2.22. The van der Waals surface area contributed by atoms with Gasteiger partial charge in [-0.25, -0.2) is 0 Å². The molecule has 1 heterocycles. The second kappa shape index (κ2) is 6.29. The van der Waals surface area contributed by atoms with Gasteiger partial charge in [0.05, 0.1) is 4.47 Å². The molecule has 2 aromatic carbocycles. The molecule has 0 saturated heterocycles. The van der Waals surface area contributed by atoms with Crippen LogP contribution in [0.2, 0.25) is 0 Å². The van der Waals surface area contributed by atoms with Crippen LogP contribution in [0.3, 0.4) is 0 Å². The molecule has 1 aliphatic heterocycles. The van der Waals surface area contributed by atoms with E-state index in [-0.39, 0.29) is 17.1 Å². The summed E-state index contributed by atoms with van der Waals surface area (Å²) in [7, 11) is 0. The number of fused-ring (bicyclic) bond motifs is 1. The van der Waals surface area contributed by atoms with Gasteiger partial charge in [-0.15, -0.1) is 0 Å². The van der Waals surface area contributed by atoms with E-state index in [2.05, 4.69) is 37.2 Å². The van der Waals surface area contributed by atoms with Crippen LogP contribution < -0.4 is 5.32 Å². The van der Waals surface area contributed by atoms with Gasteiger partial charge in [-0.1, -0.05) is 36.7 Å². The maximum absolute atomic E-state index is 12.5. The number of hydrogen-bond acceptors (Lipinski definition) is 2. The third-order valence-electron chi connectivity index (χ3n) is 4.37. The smallest absolute Gasteiger partial charge is 0.256 e. The van der Waals surface area contributed by atoms with Crippen LogP contribution in [0.5, 0.6) is 5.75 Å². The van der Waals surface area contributed by atoms with Crippen LogP contribution in [0.1, 0.15) is 43.0 Å². The van der Waals surface area contributed by atoms with Crippen LogP contribution in [-0.4, -0.2) is 11.0 Å². The largest absolute Gasteiger partial charge is 0.506 e. The zero-order valence-corrected chi connectivity index (χ0v) is 17.7. The Labute approximate surface area is 164 Å². The molecule has 0 aromatic heterocycles. The maximum Gasteiger partial charge on any atom is 0.256 e. The molecular weight excluding hydrogens is 446 g/mol. The number of rotatable bonds is 1. The van der Waals surface area contributed by atoms with Gasteiger partial charge in [-0.2, -0.15) is 0 Å². The minimum absolute atomic E-state index is 0.113. The van der Waals surface area contributed by atoms with E-state index < -0.39 is 0 Å². The third-order valence-corrected chi connectivity index (χ3v) is 5.83. The minimum Gasteiger partial charge on any atom is -0.506 e. The molecule has 1 aliphatic rings. The summed E-state index contributed by atoms with van der Waals surface area (Å²) in [6, 6.07) is 7.60. The summed E-state index contributed by atoms with van der Waals surface area (Å²) in [6.07, 6.45) is 1.88. The van der Waals surface area contributed by atoms with Crippen LogP contribution in [-0.2, 0) is 10.2 Å². The van der Waals surface area contributed by atoms with E-state index in [9.17, 15) is 9.90 Å². The van der Waals surface area contributed by atoms with Gasteiger partial charge in [0.1, 0.15) is 5.75 Å². The van der Waals surface area contributed by atoms with Crippen molar-refractivity contribution < 1.29 is 9.90 Å². The Morgan fingerprint density at radius 3 is 2.44 bits per heavy atom. The minimum atomic E-state index is -0.212. The number of benzene rings is 2. The van der Waals surface area contributed by atoms with E-state index in [4.69, 9.17) is 0 Å². The summed E-state index contributed by atoms with van der Waals surface area (Å²) in [5, 5.41) is 13.3. The fourth-order valence-corrected chi connectivity index (χ4v) is 3.83. The fourth-order valence-electron chi connectivity index (χ4n) is 3.02. The molecule has 2 aromatic rings. The normalized spacial score (nSPS) is 15.4. The van der Waals surface area contributed by atoms with E-state index >= 15 is 0 Å². The van der Waals surface area contributed by atoms with Crippen molar-refractivity contribution in [1.29, 1.82) is 0 Å². The highest BCUT2D eigenvalue weighted by molar-refractivity contribution is 9.10. The van der Waals surface area contributed by atoms with E-state index in [0.29, 0.717) is 10.0 Å². The second-order valence-electron chi connectivity index (χ2n) is 7.26. The average molecular weight is 465 g/mol. The van der Waals surface area contributed by atoms with Crippen LogP contribution in [0.4, 0.5) is 5.69 Å². The summed E-state index contributed by atoms with van der Waals surface area (Å²) in [4.78, 5) is 12.5. The van der Waals surface area contributed by atoms with Gasteiger partial charge in [0.2, 0.25) is 0 Å². The number of phenolic OH excluding ortho intramolecular Hbond substituents is 1. The van der Waals surface area contributed by atoms with Gasteiger partial charge in [0, 0.05) is 26.9 Å². The molecule has 130 valence electrons. The molecule has 5 heteroatoms. The molecule has 0 atom stereocenters. The highest BCUT2D eigenvalue weighted by Gasteiger charge is 2.27. The van der Waals surface area contributed by atoms with E-state index in [1.165, 1.54) is 0 Å². The second-order valence-corrected chi connectivity index (χ2v) is 8.96. The highest BCUT2D eigenvalue weighted by Crippen LogP contribution is 2.41. The highest BCUT2D eigenvalue weighted by atomic mass is 79.9. The van der Waals surface area contributed by atoms with Gasteiger partial charge in [0.15, 0.2) is 0 Å². The van der Waals surface area contributed by atoms with Crippen LogP contribution in [0.25, 0.3) is 11.6 Å². The molecule has 0 bridgehead atoms. The Bertz CT molecular complexity index is 924. The summed E-state index contributed by atoms with van der Waals surface area (Å²) in [6.45, 7) is 8.13. The monoisotopic (exact) mass is 463 g/mol. The zero-order chi connectivity index (χ0) is 18.5. The molecule has 0 spiro atoms. The molecule has 0 aliphatic carbocycles. The predicted octanol–water partition coefficient (Wildman–Crippen LogP) is 6.02. The lowest BCUT2D eigenvalue weighted by atomic mass is 9.85. The van der Waals surface area contributed by atoms with Gasteiger partial charge in [-0.3, -0.25) is 4.79 Å². The zero-order valence-electron chi connectivity index (χ0n) is 14.5. The van der Waals surface area contributed by atoms with Crippen LogP contribution >= 0.6 is 31.9 Å². The first kappa shape index (κ1) is 18.2. The van der Waals surface area contributed by atoms with E-state index in [1.807, 2.05) is 58.0 Å². The first-order valence-electron chi connectivity index (χ1n) is 7.95. The number of aromatic hydroxyl groups is 1. The van der Waals surface area contributed by atoms with Gasteiger partial charge in [-0.05, 0) is 69.7 Å². The first-order valence-corrected chi connectivity index (χ1v) is 9.53. The van der Waals surface area contributed by atoms with Gasteiger partial charge in [0.25, 0.3) is 5.91 Å². The number of carbonyl (C=O) groups excluding carboxylic acids is 1. The van der Waals surface area contributed by atoms with Crippen molar-refractivity contribution in [1.82, 2.24) is 0 Å². The average Bonchev–Trinajstić information content (AvgIpc) is 2.82. The molecular formula is C20H19Br2NO2. The Morgan fingerprint density at radius 1 is 1.12 bits per heavy atom. The number of phenols is 1. The van der Waals surface area contributed by atoms with Crippen LogP contribution in [0, 0.1) is 6.92 Å². The number of hydrogen-bond donors (Lipinski definition) is 2. The van der Waals surface area contributed by atoms with Crippen LogP contribution in [0.15, 0.2) is 33.2 Å². The quantitative estimate of drug-likeness (QED) is 0.507. The van der Waals surface area contributed by atoms with Crippen molar-refractivity contribution >= 4 is 55.1 Å². The standard InChI is InChI=1S/C20H19Br2NO2/c1-10-14(21)5-6-16-17(10)12(19(25)23-16)7-11-8-13(20(2,3)4)18(24)15(22)9-11/h5-9,24H,1-4H3,(H,23,25). The van der Waals surface area contributed by atoms with Gasteiger partial charge >= 0.3 is 0 Å². The number of amides is 1. The fraction of sp³-hybridized carbons (Fsp3) is 0.250. The lowest BCUT2D eigenvalue weighted by Crippen LogP contribution is -2.12. The Hall–Kier alpha value is -1.59. The van der Waals surface area contributed by atoms with E-state index in [0.717, 1.165) is 32.4 Å². The summed E-state index contributed by atoms with van der Waals surface area (Å²) < 4.78 is 1.59. The number of carbonyl (C=O) groups is 1. The van der Waals surface area contributed by atoms with Crippen molar-refractivity contribution in [2.75, 3.05) is 5.32 Å². The summed E-state index contributed by atoms with van der Waals surface area (Å²) >= 11 is 6.96. The Kier molecular flexibility index (Phi) is 4.58. The summed E-state index contributed by atoms with van der Waals surface area (Å²) in [5.74, 6) is 0.127. The first-order chi connectivity index (χ1) is 11.6. The van der Waals surface area contributed by atoms with E-state index in [1.54, 1.807) is 0 Å². The molecule has 25 heavy (non-hydrogen) atoms. The molecule has 1 amide bonds. The molecule has 3 nitrogen and oxygen atoms in total. The van der Waals surface area contributed by atoms with Gasteiger partial charge < -0.3 is 10.4 Å². The Balaban J connectivity index is 2.20. The molecule has 2 N–H and O–H groups in total. The topological polar surface area (TPSA) is 49.3 Å².